The summed E-state index contributed by atoms with van der Waals surface area (Å²) in [5, 5.41) is 5.75. The quantitative estimate of drug-likeness (QED) is 0.866. The van der Waals surface area contributed by atoms with E-state index in [1.807, 2.05) is 11.3 Å². The topological polar surface area (TPSA) is 15.3 Å². The third kappa shape index (κ3) is 2.84. The summed E-state index contributed by atoms with van der Waals surface area (Å²) in [5.74, 6) is 0. The molecule has 2 heterocycles. The molecule has 0 saturated carbocycles. The fraction of sp³-hybridized carbons (Fsp3) is 0.692. The van der Waals surface area contributed by atoms with Crippen molar-refractivity contribution in [1.82, 2.24) is 10.2 Å². The maximum Gasteiger partial charge on any atom is 0.0206 e. The van der Waals surface area contributed by atoms with Gasteiger partial charge in [0.15, 0.2) is 0 Å². The van der Waals surface area contributed by atoms with Gasteiger partial charge in [0.05, 0.1) is 0 Å². The number of likely N-dealkylation sites (tertiary alicyclic amines) is 1. The Balaban J connectivity index is 1.89. The van der Waals surface area contributed by atoms with Crippen LogP contribution in [-0.4, -0.2) is 37.6 Å². The maximum absolute atomic E-state index is 3.58. The smallest absolute Gasteiger partial charge is 0.0206 e. The van der Waals surface area contributed by atoms with E-state index in [2.05, 4.69) is 41.8 Å². The minimum atomic E-state index is 0.385. The minimum absolute atomic E-state index is 0.385. The van der Waals surface area contributed by atoms with Gasteiger partial charge in [0, 0.05) is 10.4 Å². The largest absolute Gasteiger partial charge is 0.314 e. The van der Waals surface area contributed by atoms with Crippen LogP contribution in [0.25, 0.3) is 0 Å². The van der Waals surface area contributed by atoms with Crippen molar-refractivity contribution >= 4 is 11.3 Å². The van der Waals surface area contributed by atoms with Crippen LogP contribution in [-0.2, 0) is 6.42 Å². The average Bonchev–Trinajstić information content (AvgIpc) is 2.82. The van der Waals surface area contributed by atoms with Crippen LogP contribution in [0.5, 0.6) is 0 Å². The zero-order valence-electron chi connectivity index (χ0n) is 10.3. The van der Waals surface area contributed by atoms with Crippen molar-refractivity contribution in [2.75, 3.05) is 27.2 Å². The lowest BCUT2D eigenvalue weighted by Gasteiger charge is -2.40. The molecule has 0 atom stereocenters. The SMILES string of the molecule is CNC1(CCc2cccs2)CCN(C)CC1. The second-order valence-corrected chi connectivity index (χ2v) is 5.95. The Labute approximate surface area is 103 Å². The lowest BCUT2D eigenvalue weighted by atomic mass is 9.83. The average molecular weight is 238 g/mol. The first kappa shape index (κ1) is 12.1. The molecule has 0 bridgehead atoms. The second kappa shape index (κ2) is 5.30. The van der Waals surface area contributed by atoms with E-state index in [0.29, 0.717) is 5.54 Å². The van der Waals surface area contributed by atoms with Gasteiger partial charge in [-0.15, -0.1) is 11.3 Å². The van der Waals surface area contributed by atoms with Gasteiger partial charge in [-0.2, -0.15) is 0 Å². The first-order valence-electron chi connectivity index (χ1n) is 6.14. The molecule has 2 rings (SSSR count). The number of hydrogen-bond donors (Lipinski definition) is 1. The Morgan fingerprint density at radius 3 is 2.75 bits per heavy atom. The van der Waals surface area contributed by atoms with Crippen LogP contribution in [0.1, 0.15) is 24.1 Å². The number of rotatable bonds is 4. The van der Waals surface area contributed by atoms with Crippen molar-refractivity contribution in [3.05, 3.63) is 22.4 Å². The Hall–Kier alpha value is -0.380. The standard InChI is InChI=1S/C13H22N2S/c1-14-13(7-9-15(2)10-8-13)6-5-12-4-3-11-16-12/h3-4,11,14H,5-10H2,1-2H3. The first-order chi connectivity index (χ1) is 7.74. The molecule has 0 radical (unpaired) electrons. The lowest BCUT2D eigenvalue weighted by Crippen LogP contribution is -2.51. The number of thiophene rings is 1. The molecular weight excluding hydrogens is 216 g/mol. The first-order valence-corrected chi connectivity index (χ1v) is 7.02. The van der Waals surface area contributed by atoms with Crippen molar-refractivity contribution in [3.8, 4) is 0 Å². The summed E-state index contributed by atoms with van der Waals surface area (Å²) in [5.41, 5.74) is 0.385. The van der Waals surface area contributed by atoms with Crippen molar-refractivity contribution in [2.24, 2.45) is 0 Å². The molecule has 1 aromatic rings. The van der Waals surface area contributed by atoms with E-state index in [9.17, 15) is 0 Å². The second-order valence-electron chi connectivity index (χ2n) is 4.91. The third-order valence-electron chi connectivity index (χ3n) is 3.90. The van der Waals surface area contributed by atoms with Crippen molar-refractivity contribution in [2.45, 2.75) is 31.2 Å². The van der Waals surface area contributed by atoms with Crippen molar-refractivity contribution in [3.63, 3.8) is 0 Å². The fourth-order valence-corrected chi connectivity index (χ4v) is 3.20. The fourth-order valence-electron chi connectivity index (χ4n) is 2.49. The van der Waals surface area contributed by atoms with E-state index < -0.39 is 0 Å². The summed E-state index contributed by atoms with van der Waals surface area (Å²) in [6, 6.07) is 4.41. The van der Waals surface area contributed by atoms with Gasteiger partial charge >= 0.3 is 0 Å². The highest BCUT2D eigenvalue weighted by atomic mass is 32.1. The Kier molecular flexibility index (Phi) is 4.00. The number of nitrogens with zero attached hydrogens (tertiary/aromatic N) is 1. The van der Waals surface area contributed by atoms with Gasteiger partial charge in [0.2, 0.25) is 0 Å². The molecule has 0 aromatic carbocycles. The van der Waals surface area contributed by atoms with Crippen LogP contribution in [0.3, 0.4) is 0 Å². The van der Waals surface area contributed by atoms with E-state index in [-0.39, 0.29) is 0 Å². The highest BCUT2D eigenvalue weighted by Crippen LogP contribution is 2.27. The van der Waals surface area contributed by atoms with Gasteiger partial charge in [-0.05, 0) is 64.3 Å². The van der Waals surface area contributed by atoms with Crippen molar-refractivity contribution in [1.29, 1.82) is 0 Å². The third-order valence-corrected chi connectivity index (χ3v) is 4.84. The molecule has 16 heavy (non-hydrogen) atoms. The highest BCUT2D eigenvalue weighted by Gasteiger charge is 2.31. The van der Waals surface area contributed by atoms with Crippen LogP contribution in [0.15, 0.2) is 17.5 Å². The molecule has 90 valence electrons. The van der Waals surface area contributed by atoms with Crippen LogP contribution in [0.4, 0.5) is 0 Å². The van der Waals surface area contributed by atoms with E-state index >= 15 is 0 Å². The van der Waals surface area contributed by atoms with Crippen LogP contribution in [0, 0.1) is 0 Å². The molecule has 1 aliphatic rings. The summed E-state index contributed by atoms with van der Waals surface area (Å²) < 4.78 is 0. The molecule has 0 aliphatic carbocycles. The zero-order valence-corrected chi connectivity index (χ0v) is 11.1. The highest BCUT2D eigenvalue weighted by molar-refractivity contribution is 7.09. The Morgan fingerprint density at radius 2 is 2.19 bits per heavy atom. The molecule has 0 unspecified atom stereocenters. The Morgan fingerprint density at radius 1 is 1.44 bits per heavy atom. The molecule has 2 nitrogen and oxygen atoms in total. The molecule has 0 spiro atoms. The van der Waals surface area contributed by atoms with Crippen molar-refractivity contribution < 1.29 is 0 Å². The van der Waals surface area contributed by atoms with Crippen LogP contribution < -0.4 is 5.32 Å². The molecule has 3 heteroatoms. The van der Waals surface area contributed by atoms with Gasteiger partial charge in [0.25, 0.3) is 0 Å². The molecular formula is C13H22N2S. The summed E-state index contributed by atoms with van der Waals surface area (Å²) in [4.78, 5) is 3.95. The van der Waals surface area contributed by atoms with Gasteiger partial charge in [-0.25, -0.2) is 0 Å². The van der Waals surface area contributed by atoms with E-state index in [1.165, 1.54) is 43.6 Å². The van der Waals surface area contributed by atoms with E-state index in [0.717, 1.165) is 0 Å². The number of piperidine rings is 1. The molecule has 1 saturated heterocycles. The molecule has 0 amide bonds. The van der Waals surface area contributed by atoms with Crippen LogP contribution in [0.2, 0.25) is 0 Å². The predicted molar refractivity (Wildman–Crippen MR) is 71.2 cm³/mol. The lowest BCUT2D eigenvalue weighted by molar-refractivity contribution is 0.156. The predicted octanol–water partition coefficient (Wildman–Crippen LogP) is 2.36. The molecule has 1 N–H and O–H groups in total. The summed E-state index contributed by atoms with van der Waals surface area (Å²) >= 11 is 1.88. The summed E-state index contributed by atoms with van der Waals surface area (Å²) in [6.07, 6.45) is 5.07. The number of aryl methyl sites for hydroxylation is 1. The Bertz CT molecular complexity index is 300. The van der Waals surface area contributed by atoms with Gasteiger partial charge in [0.1, 0.15) is 0 Å². The normalized spacial score (nSPS) is 21.1. The summed E-state index contributed by atoms with van der Waals surface area (Å²) in [7, 11) is 4.35. The minimum Gasteiger partial charge on any atom is -0.314 e. The van der Waals surface area contributed by atoms with E-state index in [4.69, 9.17) is 0 Å². The maximum atomic E-state index is 3.58. The van der Waals surface area contributed by atoms with Gasteiger partial charge in [-0.1, -0.05) is 6.07 Å². The number of nitrogens with one attached hydrogen (secondary N) is 1. The molecule has 1 aromatic heterocycles. The zero-order chi connectivity index (χ0) is 11.4. The number of hydrogen-bond acceptors (Lipinski definition) is 3. The van der Waals surface area contributed by atoms with Crippen LogP contribution >= 0.6 is 11.3 Å². The monoisotopic (exact) mass is 238 g/mol. The van der Waals surface area contributed by atoms with E-state index in [1.54, 1.807) is 0 Å². The van der Waals surface area contributed by atoms with Gasteiger partial charge < -0.3 is 10.2 Å². The van der Waals surface area contributed by atoms with Gasteiger partial charge in [-0.3, -0.25) is 0 Å². The molecule has 1 aliphatic heterocycles. The molecule has 1 fully saturated rings. The summed E-state index contributed by atoms with van der Waals surface area (Å²) in [6.45, 7) is 2.45.